The smallest absolute Gasteiger partial charge is 0.343 e. The van der Waals surface area contributed by atoms with Crippen molar-refractivity contribution in [1.29, 1.82) is 0 Å². The van der Waals surface area contributed by atoms with Crippen LogP contribution in [-0.2, 0) is 28.6 Å². The molecule has 2 bridgehead atoms. The number of fused-ring (bicyclic) bond motifs is 4. The van der Waals surface area contributed by atoms with E-state index in [1.54, 1.807) is 13.8 Å². The first kappa shape index (κ1) is 12.8. The molecule has 6 atom stereocenters. The third kappa shape index (κ3) is 0.846. The number of rotatable bonds is 0. The van der Waals surface area contributed by atoms with Gasteiger partial charge in [0.05, 0.1) is 10.8 Å². The summed E-state index contributed by atoms with van der Waals surface area (Å²) in [5.41, 5.74) is -4.42. The summed E-state index contributed by atoms with van der Waals surface area (Å²) < 4.78 is 16.0. The van der Waals surface area contributed by atoms with Gasteiger partial charge < -0.3 is 19.3 Å². The Morgan fingerprint density at radius 2 is 2.00 bits per heavy atom. The summed E-state index contributed by atoms with van der Waals surface area (Å²) >= 11 is 0. The molecule has 116 valence electrons. The fourth-order valence-electron chi connectivity index (χ4n) is 5.21. The number of hydrogen-bond donors (Lipinski definition) is 1. The van der Waals surface area contributed by atoms with Crippen LogP contribution in [-0.4, -0.2) is 52.8 Å². The van der Waals surface area contributed by atoms with Gasteiger partial charge in [-0.1, -0.05) is 0 Å². The molecule has 1 saturated carbocycles. The van der Waals surface area contributed by atoms with Gasteiger partial charge in [-0.2, -0.15) is 0 Å². The number of aliphatic hydroxyl groups is 1. The molecule has 5 rings (SSSR count). The highest BCUT2D eigenvalue weighted by Gasteiger charge is 2.86. The molecule has 7 nitrogen and oxygen atoms in total. The van der Waals surface area contributed by atoms with Gasteiger partial charge in [0.15, 0.2) is 11.9 Å². The molecule has 0 amide bonds. The number of esters is 2. The molecule has 3 saturated heterocycles. The van der Waals surface area contributed by atoms with E-state index in [2.05, 4.69) is 0 Å². The Morgan fingerprint density at radius 3 is 2.73 bits per heavy atom. The average molecular weight is 306 g/mol. The van der Waals surface area contributed by atoms with Crippen molar-refractivity contribution in [2.24, 2.45) is 10.8 Å². The van der Waals surface area contributed by atoms with Gasteiger partial charge in [-0.05, 0) is 25.5 Å². The fraction of sp³-hybridized carbons (Fsp3) is 0.667. The monoisotopic (exact) mass is 306 g/mol. The summed E-state index contributed by atoms with van der Waals surface area (Å²) in [6, 6.07) is 0. The first-order valence-electron chi connectivity index (χ1n) is 7.27. The van der Waals surface area contributed by atoms with Crippen molar-refractivity contribution in [2.45, 2.75) is 43.7 Å². The summed E-state index contributed by atoms with van der Waals surface area (Å²) in [6.07, 6.45) is -0.258. The van der Waals surface area contributed by atoms with Gasteiger partial charge in [-0.15, -0.1) is 0 Å². The van der Waals surface area contributed by atoms with Gasteiger partial charge in [0, 0.05) is 6.42 Å². The Morgan fingerprint density at radius 1 is 1.27 bits per heavy atom. The van der Waals surface area contributed by atoms with Crippen LogP contribution in [0.3, 0.4) is 0 Å². The third-order valence-corrected chi connectivity index (χ3v) is 6.56. The third-order valence-electron chi connectivity index (χ3n) is 6.56. The van der Waals surface area contributed by atoms with E-state index in [4.69, 9.17) is 14.2 Å². The largest absolute Gasteiger partial charge is 0.462 e. The van der Waals surface area contributed by atoms with E-state index in [-0.39, 0.29) is 18.8 Å². The van der Waals surface area contributed by atoms with E-state index >= 15 is 0 Å². The molecule has 5 aliphatic rings. The second-order valence-electron chi connectivity index (χ2n) is 7.23. The first-order chi connectivity index (χ1) is 10.2. The zero-order valence-corrected chi connectivity index (χ0v) is 12.0. The molecule has 4 fully saturated rings. The highest BCUT2D eigenvalue weighted by molar-refractivity contribution is 6.07. The van der Waals surface area contributed by atoms with E-state index in [0.717, 1.165) is 0 Å². The summed E-state index contributed by atoms with van der Waals surface area (Å²) in [5.74, 6) is -1.68. The predicted molar refractivity (Wildman–Crippen MR) is 67.3 cm³/mol. The summed E-state index contributed by atoms with van der Waals surface area (Å²) in [7, 11) is 0. The molecule has 0 unspecified atom stereocenters. The van der Waals surface area contributed by atoms with Gasteiger partial charge >= 0.3 is 11.9 Å². The minimum Gasteiger partial charge on any atom is -0.462 e. The molecule has 0 aromatic rings. The van der Waals surface area contributed by atoms with Crippen molar-refractivity contribution in [3.05, 3.63) is 11.6 Å². The average Bonchev–Trinajstić information content (AvgIpc) is 2.77. The normalized spacial score (nSPS) is 57.4. The Balaban J connectivity index is 1.83. The molecule has 22 heavy (non-hydrogen) atoms. The maximum Gasteiger partial charge on any atom is 0.343 e. The fourth-order valence-corrected chi connectivity index (χ4v) is 5.21. The van der Waals surface area contributed by atoms with Gasteiger partial charge in [0.25, 0.3) is 0 Å². The van der Waals surface area contributed by atoms with E-state index in [9.17, 15) is 19.5 Å². The Bertz CT molecular complexity index is 725. The number of cyclic esters (lactones) is 1. The lowest BCUT2D eigenvalue weighted by molar-refractivity contribution is -0.327. The number of hydrogen-bond acceptors (Lipinski definition) is 7. The van der Waals surface area contributed by atoms with Crippen LogP contribution in [0.4, 0.5) is 0 Å². The van der Waals surface area contributed by atoms with Gasteiger partial charge in [0.1, 0.15) is 18.3 Å². The van der Waals surface area contributed by atoms with Gasteiger partial charge in [0.2, 0.25) is 5.60 Å². The van der Waals surface area contributed by atoms with Crippen LogP contribution >= 0.6 is 0 Å². The van der Waals surface area contributed by atoms with Crippen LogP contribution in [0, 0.1) is 10.8 Å². The van der Waals surface area contributed by atoms with Crippen LogP contribution in [0.5, 0.6) is 0 Å². The zero-order chi connectivity index (χ0) is 15.7. The van der Waals surface area contributed by atoms with Crippen LogP contribution < -0.4 is 0 Å². The van der Waals surface area contributed by atoms with Crippen molar-refractivity contribution in [3.8, 4) is 0 Å². The van der Waals surface area contributed by atoms with Crippen molar-refractivity contribution in [2.75, 3.05) is 6.61 Å². The minimum absolute atomic E-state index is 0.0416. The summed E-state index contributed by atoms with van der Waals surface area (Å²) in [6.45, 7) is 3.31. The maximum atomic E-state index is 12.5. The summed E-state index contributed by atoms with van der Waals surface area (Å²) in [4.78, 5) is 36.9. The Kier molecular flexibility index (Phi) is 1.75. The van der Waals surface area contributed by atoms with Crippen LogP contribution in [0.1, 0.15) is 20.3 Å². The van der Waals surface area contributed by atoms with Crippen molar-refractivity contribution < 1.29 is 33.7 Å². The molecule has 1 N–H and O–H groups in total. The zero-order valence-electron chi connectivity index (χ0n) is 12.0. The van der Waals surface area contributed by atoms with E-state index in [0.29, 0.717) is 5.57 Å². The number of ether oxygens (including phenoxy) is 3. The second-order valence-corrected chi connectivity index (χ2v) is 7.23. The molecular weight excluding hydrogens is 292 g/mol. The Labute approximate surface area is 125 Å². The highest BCUT2D eigenvalue weighted by Crippen LogP contribution is 2.73. The molecular formula is C15H14O7. The SMILES string of the molecule is C[C@@]12COC(=O)[C@]1(O)[C@H]1C[C@]34C2=CC(=O)[C@@]3(C)O[C@H]4C(=O)O1. The molecule has 3 aliphatic heterocycles. The Hall–Kier alpha value is -1.73. The van der Waals surface area contributed by atoms with Crippen molar-refractivity contribution in [3.63, 3.8) is 0 Å². The standard InChI is InChI=1S/C15H14O7/c1-12-5-20-11(18)15(12,19)8-4-14-6(12)3-7(16)13(14,2)22-9(14)10(17)21-8/h3,8-9,19H,4-5H2,1-2H3/t8-,9+,12+,13-,14-,15-/m1/s1. The molecule has 0 aromatic heterocycles. The quantitative estimate of drug-likeness (QED) is 0.589. The van der Waals surface area contributed by atoms with Crippen molar-refractivity contribution in [1.82, 2.24) is 0 Å². The van der Waals surface area contributed by atoms with Crippen LogP contribution in [0.25, 0.3) is 0 Å². The summed E-state index contributed by atoms with van der Waals surface area (Å²) in [5, 5.41) is 11.0. The molecule has 0 aromatic carbocycles. The van der Waals surface area contributed by atoms with Crippen molar-refractivity contribution >= 4 is 17.7 Å². The molecule has 7 heteroatoms. The lowest BCUT2D eigenvalue weighted by atomic mass is 9.46. The predicted octanol–water partition coefficient (Wildman–Crippen LogP) is -0.737. The van der Waals surface area contributed by atoms with Crippen LogP contribution in [0.2, 0.25) is 0 Å². The minimum atomic E-state index is -1.95. The van der Waals surface area contributed by atoms with E-state index < -0.39 is 46.2 Å². The molecule has 0 radical (unpaired) electrons. The highest BCUT2D eigenvalue weighted by atomic mass is 16.6. The number of carbonyl (C=O) groups excluding carboxylic acids is 3. The van der Waals surface area contributed by atoms with E-state index in [1.165, 1.54) is 6.08 Å². The van der Waals surface area contributed by atoms with E-state index in [1.807, 2.05) is 0 Å². The van der Waals surface area contributed by atoms with Crippen LogP contribution in [0.15, 0.2) is 11.6 Å². The number of carbonyl (C=O) groups is 3. The maximum absolute atomic E-state index is 12.5. The molecule has 2 aliphatic carbocycles. The topological polar surface area (TPSA) is 99.1 Å². The second kappa shape index (κ2) is 3.00. The number of ketones is 1. The first-order valence-corrected chi connectivity index (χ1v) is 7.27. The lowest BCUT2D eigenvalue weighted by Crippen LogP contribution is -2.81. The lowest BCUT2D eigenvalue weighted by Gasteiger charge is -2.67. The van der Waals surface area contributed by atoms with Gasteiger partial charge in [-0.3, -0.25) is 4.79 Å². The molecule has 1 spiro atoms. The molecule has 3 heterocycles. The van der Waals surface area contributed by atoms with Gasteiger partial charge in [-0.25, -0.2) is 9.59 Å².